The first-order valence-corrected chi connectivity index (χ1v) is 8.02. The highest BCUT2D eigenvalue weighted by molar-refractivity contribution is 5.68. The van der Waals surface area contributed by atoms with Crippen molar-refractivity contribution < 1.29 is 14.6 Å². The molecule has 0 saturated heterocycles. The monoisotopic (exact) mass is 331 g/mol. The number of hydrogen-bond acceptors (Lipinski definition) is 4. The number of aromatic nitrogens is 2. The molecule has 0 unspecified atom stereocenters. The number of aliphatic hydroxyl groups excluding tert-OH is 1. The molecule has 0 radical (unpaired) electrons. The predicted octanol–water partition coefficient (Wildman–Crippen LogP) is 2.38. The summed E-state index contributed by atoms with van der Waals surface area (Å²) in [6.45, 7) is 5.71. The fraction of sp³-hybridized carbons (Fsp3) is 0.444. The minimum absolute atomic E-state index is 0.292. The molecule has 0 fully saturated rings. The maximum atomic E-state index is 12.1. The normalized spacial score (nSPS) is 14.0. The van der Waals surface area contributed by atoms with E-state index in [1.807, 2.05) is 30.3 Å². The molecule has 0 bridgehead atoms. The largest absolute Gasteiger partial charge is 0.444 e. The zero-order chi connectivity index (χ0) is 17.6. The zero-order valence-electron chi connectivity index (χ0n) is 14.3. The minimum atomic E-state index is -0.794. The van der Waals surface area contributed by atoms with Crippen molar-refractivity contribution in [3.05, 3.63) is 54.4 Å². The third kappa shape index (κ3) is 6.04. The number of nitrogens with zero attached hydrogens (tertiary/aromatic N) is 2. The highest BCUT2D eigenvalue weighted by Crippen LogP contribution is 2.11. The van der Waals surface area contributed by atoms with E-state index >= 15 is 0 Å². The Labute approximate surface area is 142 Å². The van der Waals surface area contributed by atoms with Crippen molar-refractivity contribution in [2.24, 2.45) is 0 Å². The molecular weight excluding hydrogens is 306 g/mol. The Kier molecular flexibility index (Phi) is 5.98. The van der Waals surface area contributed by atoms with Gasteiger partial charge in [0.15, 0.2) is 0 Å². The van der Waals surface area contributed by atoms with Gasteiger partial charge in [-0.25, -0.2) is 4.79 Å². The number of ether oxygens (including phenoxy) is 1. The van der Waals surface area contributed by atoms with Crippen molar-refractivity contribution in [2.75, 3.05) is 0 Å². The van der Waals surface area contributed by atoms with Gasteiger partial charge in [0.05, 0.1) is 18.7 Å². The summed E-state index contributed by atoms with van der Waals surface area (Å²) in [5.41, 5.74) is 0.437. The molecule has 24 heavy (non-hydrogen) atoms. The van der Waals surface area contributed by atoms with E-state index in [9.17, 15) is 9.90 Å². The van der Waals surface area contributed by atoms with Crippen LogP contribution in [0.3, 0.4) is 0 Å². The van der Waals surface area contributed by atoms with E-state index in [1.54, 1.807) is 43.9 Å². The second-order valence-corrected chi connectivity index (χ2v) is 6.74. The average molecular weight is 331 g/mol. The first kappa shape index (κ1) is 18.0. The van der Waals surface area contributed by atoms with Crippen LogP contribution in [-0.2, 0) is 17.7 Å². The summed E-state index contributed by atoms with van der Waals surface area (Å²) in [6, 6.07) is 11.0. The second-order valence-electron chi connectivity index (χ2n) is 6.74. The van der Waals surface area contributed by atoms with Crippen LogP contribution in [0.2, 0.25) is 0 Å². The van der Waals surface area contributed by atoms with Gasteiger partial charge in [0.25, 0.3) is 0 Å². The van der Waals surface area contributed by atoms with Crippen LogP contribution in [0.15, 0.2) is 48.8 Å². The van der Waals surface area contributed by atoms with Crippen LogP contribution in [0.5, 0.6) is 0 Å². The van der Waals surface area contributed by atoms with Gasteiger partial charge in [0.1, 0.15) is 5.60 Å². The molecule has 2 aromatic rings. The molecule has 0 saturated carbocycles. The van der Waals surface area contributed by atoms with Crippen molar-refractivity contribution in [3.8, 4) is 0 Å². The minimum Gasteiger partial charge on any atom is -0.444 e. The topological polar surface area (TPSA) is 76.4 Å². The number of aliphatic hydroxyl groups is 1. The lowest BCUT2D eigenvalue weighted by Gasteiger charge is -2.27. The summed E-state index contributed by atoms with van der Waals surface area (Å²) >= 11 is 0. The summed E-state index contributed by atoms with van der Waals surface area (Å²) in [5.74, 6) is 0. The van der Waals surface area contributed by atoms with E-state index in [0.717, 1.165) is 5.56 Å². The molecule has 6 nitrogen and oxygen atoms in total. The Balaban J connectivity index is 2.06. The molecule has 6 heteroatoms. The Morgan fingerprint density at radius 2 is 2.00 bits per heavy atom. The summed E-state index contributed by atoms with van der Waals surface area (Å²) in [7, 11) is 0. The van der Waals surface area contributed by atoms with Gasteiger partial charge in [-0.3, -0.25) is 4.68 Å². The Morgan fingerprint density at radius 3 is 2.58 bits per heavy atom. The molecule has 130 valence electrons. The molecular formula is C18H25N3O3. The van der Waals surface area contributed by atoms with Crippen LogP contribution in [0.25, 0.3) is 0 Å². The van der Waals surface area contributed by atoms with E-state index < -0.39 is 23.8 Å². The van der Waals surface area contributed by atoms with Crippen LogP contribution < -0.4 is 5.32 Å². The van der Waals surface area contributed by atoms with Gasteiger partial charge in [0.2, 0.25) is 0 Å². The van der Waals surface area contributed by atoms with Crippen molar-refractivity contribution in [2.45, 2.75) is 51.5 Å². The number of hydrogen-bond donors (Lipinski definition) is 2. The highest BCUT2D eigenvalue weighted by atomic mass is 16.6. The number of carbonyl (C=O) groups excluding carboxylic acids is 1. The van der Waals surface area contributed by atoms with E-state index in [1.165, 1.54) is 0 Å². The van der Waals surface area contributed by atoms with E-state index in [-0.39, 0.29) is 0 Å². The predicted molar refractivity (Wildman–Crippen MR) is 91.5 cm³/mol. The first-order chi connectivity index (χ1) is 11.3. The van der Waals surface area contributed by atoms with Crippen molar-refractivity contribution in [3.63, 3.8) is 0 Å². The van der Waals surface area contributed by atoms with E-state index in [0.29, 0.717) is 13.0 Å². The fourth-order valence-electron chi connectivity index (χ4n) is 2.34. The molecule has 2 rings (SSSR count). The lowest BCUT2D eigenvalue weighted by Crippen LogP contribution is -2.48. The third-order valence-corrected chi connectivity index (χ3v) is 3.40. The van der Waals surface area contributed by atoms with Crippen LogP contribution in [-0.4, -0.2) is 38.7 Å². The molecule has 1 amide bonds. The molecule has 1 heterocycles. The quantitative estimate of drug-likeness (QED) is 0.852. The molecule has 2 N–H and O–H groups in total. The van der Waals surface area contributed by atoms with Gasteiger partial charge in [-0.1, -0.05) is 30.3 Å². The number of carbonyl (C=O) groups is 1. The van der Waals surface area contributed by atoms with E-state index in [4.69, 9.17) is 4.74 Å². The van der Waals surface area contributed by atoms with Crippen LogP contribution in [0.4, 0.5) is 4.79 Å². The Hall–Kier alpha value is -2.34. The maximum Gasteiger partial charge on any atom is 0.407 e. The molecule has 0 aliphatic carbocycles. The third-order valence-electron chi connectivity index (χ3n) is 3.40. The van der Waals surface area contributed by atoms with Crippen LogP contribution in [0.1, 0.15) is 26.3 Å². The number of alkyl carbamates (subject to hydrolysis) is 1. The van der Waals surface area contributed by atoms with Crippen molar-refractivity contribution >= 4 is 6.09 Å². The molecule has 0 spiro atoms. The average Bonchev–Trinajstić information content (AvgIpc) is 2.98. The highest BCUT2D eigenvalue weighted by Gasteiger charge is 2.25. The maximum absolute atomic E-state index is 12.1. The number of benzene rings is 1. The van der Waals surface area contributed by atoms with Gasteiger partial charge < -0.3 is 15.2 Å². The first-order valence-electron chi connectivity index (χ1n) is 8.02. The molecule has 0 aliphatic heterocycles. The zero-order valence-corrected chi connectivity index (χ0v) is 14.3. The van der Waals surface area contributed by atoms with Gasteiger partial charge in [-0.05, 0) is 38.8 Å². The fourth-order valence-corrected chi connectivity index (χ4v) is 2.34. The lowest BCUT2D eigenvalue weighted by atomic mass is 10.0. The van der Waals surface area contributed by atoms with Gasteiger partial charge in [-0.15, -0.1) is 0 Å². The van der Waals surface area contributed by atoms with Gasteiger partial charge >= 0.3 is 6.09 Å². The molecule has 1 aromatic carbocycles. The summed E-state index contributed by atoms with van der Waals surface area (Å²) in [6.07, 6.45) is 2.60. The van der Waals surface area contributed by atoms with Crippen LogP contribution >= 0.6 is 0 Å². The second kappa shape index (κ2) is 7.97. The van der Waals surface area contributed by atoms with Crippen molar-refractivity contribution in [1.82, 2.24) is 15.1 Å². The number of nitrogens with one attached hydrogen (secondary N) is 1. The number of amides is 1. The Bertz CT molecular complexity index is 621. The smallest absolute Gasteiger partial charge is 0.407 e. The van der Waals surface area contributed by atoms with Crippen LogP contribution in [0, 0.1) is 0 Å². The van der Waals surface area contributed by atoms with Crippen molar-refractivity contribution in [1.29, 1.82) is 0 Å². The molecule has 0 aliphatic rings. The Morgan fingerprint density at radius 1 is 1.29 bits per heavy atom. The lowest BCUT2D eigenvalue weighted by molar-refractivity contribution is 0.0398. The standard InChI is InChI=1S/C18H25N3O3/c1-18(2,3)24-17(23)20-15(12-14-8-5-4-6-9-14)16(22)13-21-11-7-10-19-21/h4-11,15-16,22H,12-13H2,1-3H3,(H,20,23)/t15-,16-/m1/s1. The summed E-state index contributed by atoms with van der Waals surface area (Å²) < 4.78 is 6.95. The molecule has 1 aromatic heterocycles. The molecule has 2 atom stereocenters. The van der Waals surface area contributed by atoms with E-state index in [2.05, 4.69) is 10.4 Å². The number of rotatable bonds is 6. The van der Waals surface area contributed by atoms with Gasteiger partial charge in [0, 0.05) is 12.4 Å². The SMILES string of the molecule is CC(C)(C)OC(=O)N[C@H](Cc1ccccc1)[C@H](O)Cn1cccn1. The van der Waals surface area contributed by atoms with Gasteiger partial charge in [-0.2, -0.15) is 5.10 Å². The summed E-state index contributed by atoms with van der Waals surface area (Å²) in [5, 5.41) is 17.4. The summed E-state index contributed by atoms with van der Waals surface area (Å²) in [4.78, 5) is 12.1.